The number of carbonyl (C=O) groups is 1. The molecule has 0 aliphatic carbocycles. The Kier molecular flexibility index (Phi) is 6.75. The van der Waals surface area contributed by atoms with E-state index in [4.69, 9.17) is 9.72 Å². The first-order valence-electron chi connectivity index (χ1n) is 11.9. The van der Waals surface area contributed by atoms with Gasteiger partial charge in [-0.15, -0.1) is 11.3 Å². The molecule has 0 fully saturated rings. The van der Waals surface area contributed by atoms with Gasteiger partial charge in [0, 0.05) is 29.1 Å². The van der Waals surface area contributed by atoms with Gasteiger partial charge in [0.15, 0.2) is 5.65 Å². The fourth-order valence-electron chi connectivity index (χ4n) is 4.37. The van der Waals surface area contributed by atoms with Crippen molar-refractivity contribution in [1.29, 1.82) is 0 Å². The van der Waals surface area contributed by atoms with Crippen molar-refractivity contribution >= 4 is 23.0 Å². The molecule has 10 heteroatoms. The summed E-state index contributed by atoms with van der Waals surface area (Å²) in [4.78, 5) is 22.6. The smallest absolute Gasteiger partial charge is 0.416 e. The highest BCUT2D eigenvalue weighted by Crippen LogP contribution is 2.35. The van der Waals surface area contributed by atoms with Crippen molar-refractivity contribution in [2.24, 2.45) is 0 Å². The van der Waals surface area contributed by atoms with E-state index in [9.17, 15) is 18.0 Å². The molecule has 0 saturated heterocycles. The minimum Gasteiger partial charge on any atom is -0.465 e. The van der Waals surface area contributed by atoms with Crippen LogP contribution in [-0.2, 0) is 27.5 Å². The van der Waals surface area contributed by atoms with E-state index >= 15 is 0 Å². The normalized spacial score (nSPS) is 13.4. The molecule has 38 heavy (non-hydrogen) atoms. The number of nitrogens with zero attached hydrogens (tertiary/aromatic N) is 4. The summed E-state index contributed by atoms with van der Waals surface area (Å²) in [5, 5.41) is 7.24. The van der Waals surface area contributed by atoms with Gasteiger partial charge in [-0.3, -0.25) is 4.79 Å². The molecule has 0 radical (unpaired) electrons. The van der Waals surface area contributed by atoms with Crippen LogP contribution in [-0.4, -0.2) is 32.2 Å². The monoisotopic (exact) mass is 536 g/mol. The Hall–Kier alpha value is -4.05. The lowest BCUT2D eigenvalue weighted by molar-refractivity contribution is -0.149. The maximum absolute atomic E-state index is 13.4. The van der Waals surface area contributed by atoms with Crippen LogP contribution in [0.1, 0.15) is 30.8 Å². The molecule has 0 aliphatic rings. The summed E-state index contributed by atoms with van der Waals surface area (Å²) in [6.45, 7) is 3.72. The molecule has 5 rings (SSSR count). The molecule has 194 valence electrons. The average Bonchev–Trinajstić information content (AvgIpc) is 3.56. The van der Waals surface area contributed by atoms with Gasteiger partial charge in [-0.05, 0) is 37.6 Å². The van der Waals surface area contributed by atoms with Crippen molar-refractivity contribution in [1.82, 2.24) is 19.6 Å². The van der Waals surface area contributed by atoms with Gasteiger partial charge in [0.2, 0.25) is 0 Å². The largest absolute Gasteiger partial charge is 0.465 e. The SMILES string of the molecule is CCOC(=O)C(C)(Cc1csc(-c2ccccc2)n1)c1ccnc2c(-c3ccc(C(F)(F)F)cc3)cnn12. The van der Waals surface area contributed by atoms with Gasteiger partial charge >= 0.3 is 12.1 Å². The molecule has 1 unspecified atom stereocenters. The van der Waals surface area contributed by atoms with E-state index in [-0.39, 0.29) is 13.0 Å². The third-order valence-corrected chi connectivity index (χ3v) is 7.26. The lowest BCUT2D eigenvalue weighted by Crippen LogP contribution is -2.39. The second-order valence-electron chi connectivity index (χ2n) is 8.94. The van der Waals surface area contributed by atoms with Crippen LogP contribution in [0.5, 0.6) is 0 Å². The number of fused-ring (bicyclic) bond motifs is 1. The lowest BCUT2D eigenvalue weighted by atomic mass is 9.82. The molecular formula is C28H23F3N4O2S. The minimum absolute atomic E-state index is 0.199. The van der Waals surface area contributed by atoms with E-state index in [1.807, 2.05) is 35.7 Å². The molecule has 5 aromatic rings. The number of ether oxygens (including phenoxy) is 1. The highest BCUT2D eigenvalue weighted by atomic mass is 32.1. The van der Waals surface area contributed by atoms with E-state index in [1.165, 1.54) is 29.7 Å². The number of hydrogen-bond donors (Lipinski definition) is 0. The number of alkyl halides is 3. The number of esters is 1. The highest BCUT2D eigenvalue weighted by molar-refractivity contribution is 7.13. The molecule has 3 aromatic heterocycles. The van der Waals surface area contributed by atoms with Crippen molar-refractivity contribution in [3.05, 3.63) is 95.4 Å². The Bertz CT molecular complexity index is 1580. The predicted molar refractivity (Wildman–Crippen MR) is 139 cm³/mol. The fourth-order valence-corrected chi connectivity index (χ4v) is 5.20. The molecule has 0 aliphatic heterocycles. The summed E-state index contributed by atoms with van der Waals surface area (Å²) in [5.41, 5.74) is 1.84. The summed E-state index contributed by atoms with van der Waals surface area (Å²) >= 11 is 1.49. The van der Waals surface area contributed by atoms with Crippen molar-refractivity contribution in [3.8, 4) is 21.7 Å². The van der Waals surface area contributed by atoms with Crippen LogP contribution in [0.3, 0.4) is 0 Å². The number of hydrogen-bond acceptors (Lipinski definition) is 6. The molecule has 0 bridgehead atoms. The summed E-state index contributed by atoms with van der Waals surface area (Å²) in [7, 11) is 0. The molecule has 6 nitrogen and oxygen atoms in total. The number of aromatic nitrogens is 4. The lowest BCUT2D eigenvalue weighted by Gasteiger charge is -2.27. The Morgan fingerprint density at radius 1 is 1.03 bits per heavy atom. The molecule has 3 heterocycles. The zero-order valence-corrected chi connectivity index (χ0v) is 21.4. The average molecular weight is 537 g/mol. The van der Waals surface area contributed by atoms with Crippen LogP contribution >= 0.6 is 11.3 Å². The second-order valence-corrected chi connectivity index (χ2v) is 9.80. The van der Waals surface area contributed by atoms with Crippen LogP contribution in [0.15, 0.2) is 78.4 Å². The minimum atomic E-state index is -4.43. The van der Waals surface area contributed by atoms with Crippen molar-refractivity contribution in [2.75, 3.05) is 6.61 Å². The maximum Gasteiger partial charge on any atom is 0.416 e. The van der Waals surface area contributed by atoms with E-state index in [2.05, 4.69) is 10.1 Å². The van der Waals surface area contributed by atoms with Gasteiger partial charge in [0.1, 0.15) is 10.4 Å². The molecule has 0 N–H and O–H groups in total. The van der Waals surface area contributed by atoms with Crippen molar-refractivity contribution in [2.45, 2.75) is 31.9 Å². The predicted octanol–water partition coefficient (Wildman–Crippen LogP) is 6.60. The summed E-state index contributed by atoms with van der Waals surface area (Å²) < 4.78 is 46.1. The first kappa shape index (κ1) is 25.6. The molecule has 0 saturated carbocycles. The Morgan fingerprint density at radius 2 is 1.76 bits per heavy atom. The zero-order chi connectivity index (χ0) is 26.9. The van der Waals surface area contributed by atoms with Crippen LogP contribution in [0.25, 0.3) is 27.3 Å². The summed E-state index contributed by atoms with van der Waals surface area (Å²) in [6, 6.07) is 16.3. The Morgan fingerprint density at radius 3 is 2.45 bits per heavy atom. The fraction of sp³-hybridized carbons (Fsp3) is 0.214. The van der Waals surface area contributed by atoms with E-state index in [0.717, 1.165) is 28.4 Å². The maximum atomic E-state index is 13.4. The highest BCUT2D eigenvalue weighted by Gasteiger charge is 2.40. The zero-order valence-electron chi connectivity index (χ0n) is 20.6. The second kappa shape index (κ2) is 10.0. The number of benzene rings is 2. The summed E-state index contributed by atoms with van der Waals surface area (Å²) in [5.74, 6) is -0.437. The number of carbonyl (C=O) groups excluding carboxylic acids is 1. The van der Waals surface area contributed by atoms with Crippen molar-refractivity contribution in [3.63, 3.8) is 0 Å². The number of halogens is 3. The molecule has 1 atom stereocenters. The van der Waals surface area contributed by atoms with Crippen LogP contribution < -0.4 is 0 Å². The summed E-state index contributed by atoms with van der Waals surface area (Å²) in [6.07, 6.45) is -1.07. The van der Waals surface area contributed by atoms with Gasteiger partial charge < -0.3 is 4.74 Å². The topological polar surface area (TPSA) is 69.4 Å². The van der Waals surface area contributed by atoms with Crippen LogP contribution in [0, 0.1) is 0 Å². The Labute approximate surface area is 220 Å². The molecule has 0 amide bonds. The van der Waals surface area contributed by atoms with E-state index < -0.39 is 23.1 Å². The molecule has 2 aromatic carbocycles. The van der Waals surface area contributed by atoms with E-state index in [0.29, 0.717) is 22.5 Å². The van der Waals surface area contributed by atoms with Crippen molar-refractivity contribution < 1.29 is 22.7 Å². The number of rotatable bonds is 7. The standard InChI is InChI=1S/C28H23F3N4O2S/c1-3-37-26(36)27(2,15-21-17-38-25(34-21)19-7-5-4-6-8-19)23-13-14-32-24-22(16-33-35(23)24)18-9-11-20(12-10-18)28(29,30)31/h4-14,16-17H,3,15H2,1-2H3. The van der Waals surface area contributed by atoms with Gasteiger partial charge in [-0.1, -0.05) is 42.5 Å². The van der Waals surface area contributed by atoms with Gasteiger partial charge in [0.25, 0.3) is 0 Å². The number of thiazole rings is 1. The first-order chi connectivity index (χ1) is 18.2. The quantitative estimate of drug-likeness (QED) is 0.219. The van der Waals surface area contributed by atoms with E-state index in [1.54, 1.807) is 30.6 Å². The van der Waals surface area contributed by atoms with Gasteiger partial charge in [-0.25, -0.2) is 14.5 Å². The Balaban J connectivity index is 1.55. The third-order valence-electron chi connectivity index (χ3n) is 6.32. The van der Waals surface area contributed by atoms with Gasteiger partial charge in [0.05, 0.1) is 29.8 Å². The van der Waals surface area contributed by atoms with Crippen LogP contribution in [0.2, 0.25) is 0 Å². The van der Waals surface area contributed by atoms with Crippen LogP contribution in [0.4, 0.5) is 13.2 Å². The molecule has 0 spiro atoms. The third kappa shape index (κ3) is 4.79. The molecular weight excluding hydrogens is 513 g/mol. The first-order valence-corrected chi connectivity index (χ1v) is 12.8. The van der Waals surface area contributed by atoms with Gasteiger partial charge in [-0.2, -0.15) is 18.3 Å².